The molecule has 4 aliphatic carbocycles. The Kier molecular flexibility index (Phi) is 24.4. The van der Waals surface area contributed by atoms with Crippen LogP contribution >= 0.6 is 0 Å². The number of rotatable bonds is 12. The molecule has 4 heterocycles. The lowest BCUT2D eigenvalue weighted by Gasteiger charge is -2.43. The summed E-state index contributed by atoms with van der Waals surface area (Å²) in [4.78, 5) is 95.4. The van der Waals surface area contributed by atoms with Crippen LogP contribution in [0.2, 0.25) is 0 Å². The number of carbonyl (C=O) groups excluding carboxylic acids is 7. The molecule has 604 valence electrons. The number of amides is 7. The third-order valence-electron chi connectivity index (χ3n) is 28.2. The number of aryl methyl sites for hydroxylation is 8. The van der Waals surface area contributed by atoms with Crippen LogP contribution in [0.25, 0.3) is 0 Å². The quantitative estimate of drug-likeness (QED) is 0.0930. The molecule has 0 aromatic heterocycles. The SMILES string of the molecule is Cc1ccc(NC(=O)[C@@H](C)C2CCC3(CC2)COc2cc(C)ccc23)c(F)c1.Cc1ccc(NC(=O)[C@@H](C)C2CCC3(CC2)c2ccc(C)cc2C(=O)N3C)cc1.Cc1ccc(NC(=O)[C@H](C)C2CCC3(CC2)c2ccc(C)cc2C(=O)N3C)cc1.Cc1ccc(NC(=O)[C@H](C)C2CCC3(CC2)c2ccc(C)cc2C(=O)N3C)cc1. The monoisotopic (exact) mass is 1550 g/mol. The van der Waals surface area contributed by atoms with Crippen molar-refractivity contribution in [2.75, 3.05) is 49.0 Å². The van der Waals surface area contributed by atoms with Gasteiger partial charge < -0.3 is 40.7 Å². The molecular weight excluding hydrogens is 1430 g/mol. The van der Waals surface area contributed by atoms with Crippen molar-refractivity contribution in [3.8, 4) is 5.75 Å². The fourth-order valence-corrected chi connectivity index (χ4v) is 20.1. The molecule has 0 bridgehead atoms. The van der Waals surface area contributed by atoms with Gasteiger partial charge in [-0.1, -0.05) is 152 Å². The minimum Gasteiger partial charge on any atom is -0.492 e. The molecule has 4 fully saturated rings. The standard InChI is InChI=1S/3C25H30N2O2.C24H28FNO2/c3*1-16-5-8-20(9-6-16)26-23(28)18(3)19-11-13-25(14-12-19)22-10-7-17(2)15-21(22)24(29)27(25)4;1-15-5-7-21(20(25)12-15)26-23(27)17(3)18-8-10-24(11-9-18)14-28-22-13-16(2)4-6-19(22)24/h3*5-10,15,18-19H,11-14H2,1-4H3,(H,26,28);4-7,12-13,17-18H,8-11,14H2,1-3H3,(H,26,27)/t3*18-,19?,25?;17-,18?,24?/m1100/s1. The predicted octanol–water partition coefficient (Wildman–Crippen LogP) is 20.7. The summed E-state index contributed by atoms with van der Waals surface area (Å²) in [7, 11) is 5.81. The summed E-state index contributed by atoms with van der Waals surface area (Å²) < 4.78 is 20.1. The van der Waals surface area contributed by atoms with Gasteiger partial charge in [-0.3, -0.25) is 33.6 Å². The van der Waals surface area contributed by atoms with Gasteiger partial charge in [0.25, 0.3) is 17.7 Å². The van der Waals surface area contributed by atoms with Crippen molar-refractivity contribution in [2.45, 2.75) is 208 Å². The molecular formula is C99H118FN7O8. The van der Waals surface area contributed by atoms with E-state index in [2.05, 4.69) is 82.8 Å². The number of fused-ring (bicyclic) bond motifs is 8. The van der Waals surface area contributed by atoms with E-state index in [0.29, 0.717) is 23.7 Å². The van der Waals surface area contributed by atoms with Crippen LogP contribution < -0.4 is 26.0 Å². The molecule has 4 aliphatic heterocycles. The lowest BCUT2D eigenvalue weighted by molar-refractivity contribution is -0.122. The minimum atomic E-state index is -0.377. The third-order valence-corrected chi connectivity index (χ3v) is 28.2. The van der Waals surface area contributed by atoms with Crippen molar-refractivity contribution < 1.29 is 42.7 Å². The van der Waals surface area contributed by atoms with E-state index in [-0.39, 0.29) is 98.6 Å². The Bertz CT molecular complexity index is 4590. The third kappa shape index (κ3) is 16.8. The first-order valence-electron chi connectivity index (χ1n) is 41.9. The number of nitrogens with one attached hydrogen (secondary N) is 4. The highest BCUT2D eigenvalue weighted by atomic mass is 19.1. The number of carbonyl (C=O) groups is 7. The van der Waals surface area contributed by atoms with Crippen LogP contribution in [0.5, 0.6) is 5.75 Å². The second-order valence-electron chi connectivity index (χ2n) is 35.4. The van der Waals surface area contributed by atoms with Gasteiger partial charge in [0.15, 0.2) is 0 Å². The van der Waals surface area contributed by atoms with Gasteiger partial charge in [-0.25, -0.2) is 4.39 Å². The van der Waals surface area contributed by atoms with Gasteiger partial charge in [-0.15, -0.1) is 0 Å². The highest BCUT2D eigenvalue weighted by molar-refractivity contribution is 6.02. The lowest BCUT2D eigenvalue weighted by atomic mass is 9.65. The molecule has 15 nitrogen and oxygen atoms in total. The number of nitrogens with zero attached hydrogens (tertiary/aromatic N) is 3. The fraction of sp³-hybridized carbons (Fsp3) is 0.444. The van der Waals surface area contributed by atoms with Gasteiger partial charge in [-0.05, 0) is 282 Å². The first-order chi connectivity index (χ1) is 54.8. The zero-order valence-corrected chi connectivity index (χ0v) is 70.2. The van der Waals surface area contributed by atoms with E-state index in [1.165, 1.54) is 50.6 Å². The second kappa shape index (κ2) is 33.9. The normalized spacial score (nSPS) is 24.5. The zero-order chi connectivity index (χ0) is 82.2. The van der Waals surface area contributed by atoms with Crippen LogP contribution in [-0.2, 0) is 41.2 Å². The summed E-state index contributed by atoms with van der Waals surface area (Å²) in [6, 6.07) is 54.0. The molecule has 4 saturated carbocycles. The molecule has 8 aromatic rings. The smallest absolute Gasteiger partial charge is 0.254 e. The van der Waals surface area contributed by atoms with Crippen molar-refractivity contribution in [1.82, 2.24) is 14.7 Å². The van der Waals surface area contributed by atoms with Crippen LogP contribution in [0.3, 0.4) is 0 Å². The average molecular weight is 1550 g/mol. The van der Waals surface area contributed by atoms with E-state index in [1.54, 1.807) is 6.07 Å². The molecule has 115 heavy (non-hydrogen) atoms. The van der Waals surface area contributed by atoms with E-state index in [1.807, 2.05) is 209 Å². The average Bonchev–Trinajstić information content (AvgIpc) is 1.59. The number of benzene rings is 8. The molecule has 16 rings (SSSR count). The van der Waals surface area contributed by atoms with Crippen molar-refractivity contribution in [3.63, 3.8) is 0 Å². The van der Waals surface area contributed by atoms with E-state index in [9.17, 15) is 38.0 Å². The van der Waals surface area contributed by atoms with Crippen LogP contribution in [-0.4, -0.2) is 83.8 Å². The van der Waals surface area contributed by atoms with Crippen LogP contribution in [0, 0.1) is 109 Å². The van der Waals surface area contributed by atoms with Gasteiger partial charge in [-0.2, -0.15) is 0 Å². The Morgan fingerprint density at radius 3 is 0.922 bits per heavy atom. The maximum absolute atomic E-state index is 14.1. The molecule has 16 heteroatoms. The van der Waals surface area contributed by atoms with Gasteiger partial charge in [0.2, 0.25) is 23.6 Å². The molecule has 4 N–H and O–H groups in total. The predicted molar refractivity (Wildman–Crippen MR) is 457 cm³/mol. The summed E-state index contributed by atoms with van der Waals surface area (Å²) in [6.45, 7) is 24.9. The Balaban J connectivity index is 0.000000134. The van der Waals surface area contributed by atoms with Gasteiger partial charge >= 0.3 is 0 Å². The number of hydrogen-bond donors (Lipinski definition) is 4. The summed E-state index contributed by atoms with van der Waals surface area (Å²) in [6.07, 6.45) is 15.2. The maximum atomic E-state index is 14.1. The second-order valence-corrected chi connectivity index (χ2v) is 35.4. The molecule has 7 amide bonds. The number of halogens is 1. The van der Waals surface area contributed by atoms with Crippen molar-refractivity contribution in [1.29, 1.82) is 0 Å². The minimum absolute atomic E-state index is 0.0476. The lowest BCUT2D eigenvalue weighted by Crippen LogP contribution is -2.45. The van der Waals surface area contributed by atoms with Crippen LogP contribution in [0.4, 0.5) is 27.1 Å². The van der Waals surface area contributed by atoms with Crippen molar-refractivity contribution in [3.05, 3.63) is 253 Å². The molecule has 0 saturated heterocycles. The van der Waals surface area contributed by atoms with Gasteiger partial charge in [0, 0.05) is 89.5 Å². The molecule has 8 aliphatic rings. The largest absolute Gasteiger partial charge is 0.492 e. The van der Waals surface area contributed by atoms with Crippen molar-refractivity contribution >= 4 is 64.1 Å². The van der Waals surface area contributed by atoms with Gasteiger partial charge in [0.05, 0.1) is 28.9 Å². The Labute approximate surface area is 680 Å². The highest BCUT2D eigenvalue weighted by Crippen LogP contribution is 2.55. The topological polar surface area (TPSA) is 187 Å². The summed E-state index contributed by atoms with van der Waals surface area (Å²) >= 11 is 0. The Hall–Kier alpha value is -10.2. The van der Waals surface area contributed by atoms with E-state index in [4.69, 9.17) is 4.74 Å². The molecule has 0 radical (unpaired) electrons. The zero-order valence-electron chi connectivity index (χ0n) is 70.2. The Morgan fingerprint density at radius 1 is 0.348 bits per heavy atom. The maximum Gasteiger partial charge on any atom is 0.254 e. The number of ether oxygens (including phenoxy) is 1. The summed E-state index contributed by atoms with van der Waals surface area (Å²) in [5.41, 5.74) is 18.7. The molecule has 0 unspecified atom stereocenters. The molecule has 8 aromatic carbocycles. The molecule has 4 spiro atoms. The summed E-state index contributed by atoms with van der Waals surface area (Å²) in [5.74, 6) is 2.25. The fourth-order valence-electron chi connectivity index (χ4n) is 20.1. The number of anilines is 4. The van der Waals surface area contributed by atoms with Crippen molar-refractivity contribution in [2.24, 2.45) is 47.3 Å². The van der Waals surface area contributed by atoms with E-state index in [0.717, 1.165) is 171 Å². The summed E-state index contributed by atoms with van der Waals surface area (Å²) in [5, 5.41) is 12.0. The van der Waals surface area contributed by atoms with E-state index < -0.39 is 0 Å². The Morgan fingerprint density at radius 2 is 0.609 bits per heavy atom. The van der Waals surface area contributed by atoms with E-state index >= 15 is 0 Å². The molecule has 4 atom stereocenters. The van der Waals surface area contributed by atoms with Gasteiger partial charge in [0.1, 0.15) is 11.6 Å². The number of hydrogen-bond acceptors (Lipinski definition) is 8. The first-order valence-corrected chi connectivity index (χ1v) is 41.9. The highest BCUT2D eigenvalue weighted by Gasteiger charge is 2.54. The van der Waals surface area contributed by atoms with Crippen LogP contribution in [0.1, 0.15) is 228 Å². The first kappa shape index (κ1) is 82.8. The van der Waals surface area contributed by atoms with Crippen LogP contribution in [0.15, 0.2) is 164 Å².